The van der Waals surface area contributed by atoms with Crippen molar-refractivity contribution >= 4 is 5.97 Å². The third-order valence-electron chi connectivity index (χ3n) is 2.18. The Bertz CT molecular complexity index is 560. The lowest BCUT2D eigenvalue weighted by atomic mass is 10.2. The molecule has 0 saturated heterocycles. The van der Waals surface area contributed by atoms with Crippen LogP contribution < -0.4 is 4.74 Å². The second-order valence-electron chi connectivity index (χ2n) is 4.04. The van der Waals surface area contributed by atoms with Crippen molar-refractivity contribution in [3.05, 3.63) is 36.2 Å². The van der Waals surface area contributed by atoms with Crippen LogP contribution in [0.4, 0.5) is 0 Å². The van der Waals surface area contributed by atoms with Gasteiger partial charge in [0.25, 0.3) is 0 Å². The first-order valence-corrected chi connectivity index (χ1v) is 5.52. The van der Waals surface area contributed by atoms with E-state index >= 15 is 0 Å². The lowest BCUT2D eigenvalue weighted by Gasteiger charge is -2.09. The monoisotopic (exact) mass is 247 g/mol. The third-order valence-corrected chi connectivity index (χ3v) is 2.18. The van der Waals surface area contributed by atoms with Gasteiger partial charge >= 0.3 is 5.97 Å². The van der Waals surface area contributed by atoms with Crippen molar-refractivity contribution in [3.63, 3.8) is 0 Å². The first-order valence-electron chi connectivity index (χ1n) is 5.52. The van der Waals surface area contributed by atoms with Gasteiger partial charge in [-0.1, -0.05) is 6.07 Å². The number of aromatic carboxylic acids is 1. The van der Waals surface area contributed by atoms with E-state index < -0.39 is 5.97 Å². The van der Waals surface area contributed by atoms with E-state index in [2.05, 4.69) is 4.98 Å². The van der Waals surface area contributed by atoms with E-state index in [1.165, 1.54) is 0 Å². The smallest absolute Gasteiger partial charge is 0.357 e. The second kappa shape index (κ2) is 4.91. The molecule has 0 saturated carbocycles. The van der Waals surface area contributed by atoms with E-state index in [0.29, 0.717) is 11.3 Å². The molecule has 1 N–H and O–H groups in total. The lowest BCUT2D eigenvalue weighted by Crippen LogP contribution is -2.05. The Balaban J connectivity index is 2.29. The zero-order valence-electron chi connectivity index (χ0n) is 10.1. The summed E-state index contributed by atoms with van der Waals surface area (Å²) in [6, 6.07) is 7.17. The molecule has 0 bridgehead atoms. The van der Waals surface area contributed by atoms with Crippen LogP contribution in [0, 0.1) is 0 Å². The predicted octanol–water partition coefficient (Wildman–Crippen LogP) is 2.83. The molecule has 2 aromatic rings. The molecule has 0 unspecified atom stereocenters. The second-order valence-corrected chi connectivity index (χ2v) is 4.04. The number of oxazole rings is 1. The standard InChI is InChI=1S/C13H13NO4/c1-8(2)18-10-5-3-4-9(6-10)12-14-11(7-17-12)13(15)16/h3-8H,1-2H3,(H,15,16). The Kier molecular flexibility index (Phi) is 3.32. The highest BCUT2D eigenvalue weighted by Crippen LogP contribution is 2.23. The molecule has 0 aliphatic rings. The first-order chi connectivity index (χ1) is 8.56. The van der Waals surface area contributed by atoms with Gasteiger partial charge in [0.2, 0.25) is 5.89 Å². The van der Waals surface area contributed by atoms with Crippen LogP contribution in [0.25, 0.3) is 11.5 Å². The van der Waals surface area contributed by atoms with Crippen LogP contribution in [-0.2, 0) is 0 Å². The van der Waals surface area contributed by atoms with Crippen molar-refractivity contribution in [2.24, 2.45) is 0 Å². The number of rotatable bonds is 4. The Morgan fingerprint density at radius 3 is 2.83 bits per heavy atom. The molecule has 1 aromatic heterocycles. The zero-order valence-corrected chi connectivity index (χ0v) is 10.1. The largest absolute Gasteiger partial charge is 0.491 e. The van der Waals surface area contributed by atoms with Crippen LogP contribution in [0.3, 0.4) is 0 Å². The Morgan fingerprint density at radius 1 is 1.44 bits per heavy atom. The molecule has 0 amide bonds. The molecule has 0 spiro atoms. The number of aromatic nitrogens is 1. The van der Waals surface area contributed by atoms with Crippen LogP contribution in [0.5, 0.6) is 5.75 Å². The van der Waals surface area contributed by atoms with Gasteiger partial charge in [0.05, 0.1) is 6.10 Å². The van der Waals surface area contributed by atoms with E-state index in [9.17, 15) is 4.79 Å². The Labute approximate surface area is 104 Å². The van der Waals surface area contributed by atoms with Crippen molar-refractivity contribution < 1.29 is 19.1 Å². The molecule has 5 heteroatoms. The lowest BCUT2D eigenvalue weighted by molar-refractivity contribution is 0.0690. The fourth-order valence-corrected chi connectivity index (χ4v) is 1.48. The van der Waals surface area contributed by atoms with Gasteiger partial charge in [0.1, 0.15) is 12.0 Å². The fourth-order valence-electron chi connectivity index (χ4n) is 1.48. The average Bonchev–Trinajstić information content (AvgIpc) is 2.77. The summed E-state index contributed by atoms with van der Waals surface area (Å²) in [7, 11) is 0. The molecule has 0 aliphatic carbocycles. The van der Waals surface area contributed by atoms with Crippen LogP contribution in [0.15, 0.2) is 34.9 Å². The number of ether oxygens (including phenoxy) is 1. The van der Waals surface area contributed by atoms with Crippen LogP contribution in [0.2, 0.25) is 0 Å². The minimum Gasteiger partial charge on any atom is -0.491 e. The quantitative estimate of drug-likeness (QED) is 0.899. The van der Waals surface area contributed by atoms with Gasteiger partial charge in [-0.2, -0.15) is 0 Å². The SMILES string of the molecule is CC(C)Oc1cccc(-c2nc(C(=O)O)co2)c1. The number of carboxylic acids is 1. The van der Waals surface area contributed by atoms with Gasteiger partial charge in [-0.3, -0.25) is 0 Å². The van der Waals surface area contributed by atoms with Gasteiger partial charge in [-0.15, -0.1) is 0 Å². The minimum absolute atomic E-state index is 0.0689. The maximum absolute atomic E-state index is 10.7. The first kappa shape index (κ1) is 12.2. The molecule has 0 aliphatic heterocycles. The van der Waals surface area contributed by atoms with Crippen LogP contribution in [-0.4, -0.2) is 22.2 Å². The van der Waals surface area contributed by atoms with E-state index in [0.717, 1.165) is 6.26 Å². The van der Waals surface area contributed by atoms with Gasteiger partial charge < -0.3 is 14.3 Å². The molecule has 0 atom stereocenters. The molecule has 2 rings (SSSR count). The number of hydrogen-bond acceptors (Lipinski definition) is 4. The predicted molar refractivity (Wildman–Crippen MR) is 64.7 cm³/mol. The summed E-state index contributed by atoms with van der Waals surface area (Å²) in [6.07, 6.45) is 1.19. The van der Waals surface area contributed by atoms with E-state index in [1.807, 2.05) is 19.9 Å². The highest BCUT2D eigenvalue weighted by atomic mass is 16.5. The van der Waals surface area contributed by atoms with Gasteiger partial charge in [0.15, 0.2) is 5.69 Å². The highest BCUT2D eigenvalue weighted by molar-refractivity contribution is 5.85. The van der Waals surface area contributed by atoms with Crippen molar-refractivity contribution in [3.8, 4) is 17.2 Å². The number of hydrogen-bond donors (Lipinski definition) is 1. The molecular formula is C13H13NO4. The highest BCUT2D eigenvalue weighted by Gasteiger charge is 2.12. The maximum atomic E-state index is 10.7. The molecule has 94 valence electrons. The zero-order chi connectivity index (χ0) is 13.1. The van der Waals surface area contributed by atoms with Crippen molar-refractivity contribution in [2.45, 2.75) is 20.0 Å². The molecule has 0 radical (unpaired) electrons. The maximum Gasteiger partial charge on any atom is 0.357 e. The summed E-state index contributed by atoms with van der Waals surface area (Å²) in [5.41, 5.74) is 0.570. The van der Waals surface area contributed by atoms with Crippen LogP contribution >= 0.6 is 0 Å². The number of carboxylic acid groups (broad SMARTS) is 1. The van der Waals surface area contributed by atoms with E-state index in [1.54, 1.807) is 18.2 Å². The molecule has 0 fully saturated rings. The fraction of sp³-hybridized carbons (Fsp3) is 0.231. The summed E-state index contributed by atoms with van der Waals surface area (Å²) in [5, 5.41) is 8.77. The topological polar surface area (TPSA) is 72.6 Å². The molecule has 1 heterocycles. The summed E-state index contributed by atoms with van der Waals surface area (Å²) < 4.78 is 10.7. The van der Waals surface area contributed by atoms with Gasteiger partial charge in [-0.05, 0) is 32.0 Å². The van der Waals surface area contributed by atoms with Crippen molar-refractivity contribution in [1.29, 1.82) is 0 Å². The third kappa shape index (κ3) is 2.68. The summed E-state index contributed by atoms with van der Waals surface area (Å²) in [5.74, 6) is -0.154. The summed E-state index contributed by atoms with van der Waals surface area (Å²) in [6.45, 7) is 3.86. The average molecular weight is 247 g/mol. The summed E-state index contributed by atoms with van der Waals surface area (Å²) in [4.78, 5) is 14.6. The van der Waals surface area contributed by atoms with Crippen molar-refractivity contribution in [2.75, 3.05) is 0 Å². The normalized spacial score (nSPS) is 10.6. The number of carbonyl (C=O) groups is 1. The van der Waals surface area contributed by atoms with E-state index in [-0.39, 0.29) is 17.7 Å². The van der Waals surface area contributed by atoms with E-state index in [4.69, 9.17) is 14.3 Å². The minimum atomic E-state index is -1.11. The van der Waals surface area contributed by atoms with Gasteiger partial charge in [0, 0.05) is 5.56 Å². The Hall–Kier alpha value is -2.30. The summed E-state index contributed by atoms with van der Waals surface area (Å²) >= 11 is 0. The molecule has 18 heavy (non-hydrogen) atoms. The molecular weight excluding hydrogens is 234 g/mol. The number of nitrogens with zero attached hydrogens (tertiary/aromatic N) is 1. The van der Waals surface area contributed by atoms with Crippen LogP contribution in [0.1, 0.15) is 24.3 Å². The van der Waals surface area contributed by atoms with Crippen molar-refractivity contribution in [1.82, 2.24) is 4.98 Å². The number of benzene rings is 1. The molecule has 1 aromatic carbocycles. The van der Waals surface area contributed by atoms with Gasteiger partial charge in [-0.25, -0.2) is 9.78 Å². The Morgan fingerprint density at radius 2 is 2.22 bits per heavy atom. The molecule has 5 nitrogen and oxygen atoms in total.